The molecule has 2 amide bonds. The number of carbonyl (C=O) groups excluding carboxylic acids is 2. The van der Waals surface area contributed by atoms with Gasteiger partial charge in [0.1, 0.15) is 30.1 Å². The van der Waals surface area contributed by atoms with Crippen LogP contribution in [0.4, 0.5) is 93.9 Å². The Labute approximate surface area is 381 Å². The highest BCUT2D eigenvalue weighted by Gasteiger charge is 2.95. The topological polar surface area (TPSA) is 115 Å². The maximum Gasteiger partial charge on any atom is 0.460 e. The summed E-state index contributed by atoms with van der Waals surface area (Å²) in [4.78, 5) is 24.4. The van der Waals surface area contributed by atoms with Crippen molar-refractivity contribution in [2.24, 2.45) is 0 Å². The number of benzene rings is 2. The van der Waals surface area contributed by atoms with Gasteiger partial charge < -0.3 is 18.6 Å². The van der Waals surface area contributed by atoms with Crippen LogP contribution in [-0.2, 0) is 18.7 Å². The normalized spacial score (nSPS) is 15.2. The van der Waals surface area contributed by atoms with E-state index >= 15 is 8.78 Å². The number of anilines is 1. The molecule has 3 N–H and O–H groups in total. The van der Waals surface area contributed by atoms with Crippen molar-refractivity contribution in [3.8, 4) is 5.75 Å². The lowest BCUT2D eigenvalue weighted by Crippen LogP contribution is -2.74. The summed E-state index contributed by atoms with van der Waals surface area (Å²) in [5.41, 5.74) is -0.606. The fourth-order valence-corrected chi connectivity index (χ4v) is 11.0. The van der Waals surface area contributed by atoms with Gasteiger partial charge in [-0.25, -0.2) is 19.1 Å². The molecule has 0 aliphatic heterocycles. The lowest BCUT2D eigenvalue weighted by molar-refractivity contribution is -0.461. The van der Waals surface area contributed by atoms with Gasteiger partial charge >= 0.3 is 53.7 Å². The van der Waals surface area contributed by atoms with Gasteiger partial charge in [0.25, 0.3) is 5.91 Å². The molecule has 0 aliphatic rings. The standard InChI is InChI=1S/C40H43F19N2O7Si/c1-21(2)69(22(3)4,18-15-33(43,44)34(45,46)35(47,48)36(49,50)37(51,52)38(53,54)39(55,56)40(57,58)59)67-17-16-66-26-11-8-24(9-12-26)31(29(65-6)14-7-23(5)19-30(62)61-64)68-32(63)60-28-13-10-25(41)20-27(28)42/h7-14,19-22,29,31,64H,15-18H2,1-6H3,(H,60,63)(H,61,62)/b14-7+,23-19+/t29-,31-/m0/s1. The van der Waals surface area contributed by atoms with Crippen molar-refractivity contribution in [1.82, 2.24) is 5.48 Å². The smallest absolute Gasteiger partial charge is 0.460 e. The summed E-state index contributed by atoms with van der Waals surface area (Å²) >= 11 is 0. The molecule has 0 aromatic heterocycles. The molecule has 0 fully saturated rings. The number of carbonyl (C=O) groups is 2. The second-order valence-electron chi connectivity index (χ2n) is 15.7. The summed E-state index contributed by atoms with van der Waals surface area (Å²) in [6.07, 6.45) is -10.7. The molecule has 69 heavy (non-hydrogen) atoms. The van der Waals surface area contributed by atoms with Crippen LogP contribution in [0.15, 0.2) is 66.3 Å². The van der Waals surface area contributed by atoms with E-state index in [1.807, 2.05) is 0 Å². The Hall–Kier alpha value is -4.77. The van der Waals surface area contributed by atoms with Gasteiger partial charge in [0.05, 0.1) is 12.3 Å². The Morgan fingerprint density at radius 1 is 0.725 bits per heavy atom. The van der Waals surface area contributed by atoms with Gasteiger partial charge in [0.2, 0.25) is 0 Å². The van der Waals surface area contributed by atoms with Crippen molar-refractivity contribution in [3.05, 3.63) is 83.5 Å². The minimum Gasteiger partial charge on any atom is -0.491 e. The number of halogens is 19. The number of hydrogen-bond donors (Lipinski definition) is 3. The molecular formula is C40H43F19N2O7Si. The van der Waals surface area contributed by atoms with E-state index < -0.39 is 134 Å². The number of hydrogen-bond acceptors (Lipinski definition) is 7. The van der Waals surface area contributed by atoms with Gasteiger partial charge in [0.15, 0.2) is 14.4 Å². The maximum atomic E-state index is 15.0. The molecule has 0 unspecified atom stereocenters. The number of methoxy groups -OCH3 is 1. The SMILES string of the molecule is CO[C@@H](/C=C/C(C)=C/C(=O)NO)[C@@H](OC(=O)Nc1ccc(F)cc1F)c1ccc(OCCO[Si](CCC(F)(F)C(F)(F)C(F)(F)C(F)(F)C(F)(F)C(F)(F)C(F)(F)C(F)(F)F)(C(C)C)C(C)C)cc1. The van der Waals surface area contributed by atoms with Crippen molar-refractivity contribution >= 4 is 26.0 Å². The van der Waals surface area contributed by atoms with Crippen LogP contribution in [0.2, 0.25) is 17.1 Å². The van der Waals surface area contributed by atoms with Gasteiger partial charge in [0, 0.05) is 25.7 Å². The average molecular weight is 1050 g/mol. The summed E-state index contributed by atoms with van der Waals surface area (Å²) in [5, 5.41) is 10.9. The van der Waals surface area contributed by atoms with Crippen molar-refractivity contribution in [1.29, 1.82) is 0 Å². The van der Waals surface area contributed by atoms with E-state index in [-0.39, 0.29) is 16.9 Å². The first-order valence-corrected chi connectivity index (χ1v) is 21.9. The molecule has 29 heteroatoms. The van der Waals surface area contributed by atoms with E-state index in [1.54, 1.807) is 0 Å². The zero-order chi connectivity index (χ0) is 53.6. The van der Waals surface area contributed by atoms with E-state index in [4.69, 9.17) is 23.8 Å². The maximum absolute atomic E-state index is 15.0. The zero-order valence-electron chi connectivity index (χ0n) is 36.5. The zero-order valence-corrected chi connectivity index (χ0v) is 37.5. The second kappa shape index (κ2) is 22.1. The third-order valence-corrected chi connectivity index (χ3v) is 16.2. The second-order valence-corrected chi connectivity index (χ2v) is 20.7. The Morgan fingerprint density at radius 2 is 1.23 bits per heavy atom. The molecule has 0 radical (unpaired) electrons. The predicted molar refractivity (Wildman–Crippen MR) is 207 cm³/mol. The highest BCUT2D eigenvalue weighted by Crippen LogP contribution is 2.64. The number of ether oxygens (including phenoxy) is 3. The summed E-state index contributed by atoms with van der Waals surface area (Å²) in [6, 6.07) is 5.93. The number of nitrogens with one attached hydrogen (secondary N) is 2. The van der Waals surface area contributed by atoms with Gasteiger partial charge in [-0.05, 0) is 59.5 Å². The summed E-state index contributed by atoms with van der Waals surface area (Å²) in [7, 11) is -2.90. The van der Waals surface area contributed by atoms with E-state index in [2.05, 4.69) is 5.32 Å². The van der Waals surface area contributed by atoms with E-state index in [0.29, 0.717) is 6.07 Å². The number of rotatable bonds is 24. The third-order valence-electron chi connectivity index (χ3n) is 10.5. The lowest BCUT2D eigenvalue weighted by Gasteiger charge is -2.44. The van der Waals surface area contributed by atoms with Gasteiger partial charge in [-0.3, -0.25) is 15.3 Å². The molecule has 0 heterocycles. The molecule has 2 aromatic carbocycles. The first kappa shape index (κ1) is 60.3. The van der Waals surface area contributed by atoms with E-state index in [9.17, 15) is 84.2 Å². The van der Waals surface area contributed by atoms with Gasteiger partial charge in [-0.2, -0.15) is 74.6 Å². The fourth-order valence-electron chi connectivity index (χ4n) is 6.51. The van der Waals surface area contributed by atoms with Crippen molar-refractivity contribution in [3.63, 3.8) is 0 Å². The minimum absolute atomic E-state index is 0.0108. The number of amides is 2. The molecule has 0 bridgehead atoms. The molecule has 0 saturated heterocycles. The van der Waals surface area contributed by atoms with E-state index in [0.717, 1.165) is 18.2 Å². The van der Waals surface area contributed by atoms with Crippen LogP contribution in [-0.4, -0.2) is 99.6 Å². The summed E-state index contributed by atoms with van der Waals surface area (Å²) in [6.45, 7) is 5.40. The van der Waals surface area contributed by atoms with Crippen LogP contribution in [0.25, 0.3) is 0 Å². The van der Waals surface area contributed by atoms with Crippen LogP contribution in [0.5, 0.6) is 5.75 Å². The van der Waals surface area contributed by atoms with E-state index in [1.165, 1.54) is 83.6 Å². The molecule has 2 atom stereocenters. The minimum atomic E-state index is -8.73. The van der Waals surface area contributed by atoms with Crippen LogP contribution in [0.1, 0.15) is 52.7 Å². The van der Waals surface area contributed by atoms with Gasteiger partial charge in [-0.1, -0.05) is 52.0 Å². The molecule has 0 saturated carbocycles. The van der Waals surface area contributed by atoms with Crippen LogP contribution in [0, 0.1) is 11.6 Å². The molecule has 2 rings (SSSR count). The quantitative estimate of drug-likeness (QED) is 0.0182. The molecule has 0 spiro atoms. The number of allylic oxidation sites excluding steroid dienone is 2. The highest BCUT2D eigenvalue weighted by molar-refractivity contribution is 6.76. The summed E-state index contributed by atoms with van der Waals surface area (Å²) < 4.78 is 286. The Kier molecular flexibility index (Phi) is 19.3. The highest BCUT2D eigenvalue weighted by atomic mass is 28.4. The first-order valence-electron chi connectivity index (χ1n) is 19.6. The van der Waals surface area contributed by atoms with Crippen molar-refractivity contribution < 1.29 is 117 Å². The van der Waals surface area contributed by atoms with Crippen LogP contribution < -0.4 is 15.5 Å². The Bertz CT molecular complexity index is 2110. The first-order chi connectivity index (χ1) is 31.3. The van der Waals surface area contributed by atoms with Crippen LogP contribution in [0.3, 0.4) is 0 Å². The summed E-state index contributed by atoms with van der Waals surface area (Å²) in [5.74, 6) is -60.1. The van der Waals surface area contributed by atoms with Gasteiger partial charge in [-0.15, -0.1) is 0 Å². The van der Waals surface area contributed by atoms with Crippen molar-refractivity contribution in [2.75, 3.05) is 25.6 Å². The number of alkyl halides is 17. The van der Waals surface area contributed by atoms with Crippen LogP contribution >= 0.6 is 0 Å². The third kappa shape index (κ3) is 12.6. The molecular weight excluding hydrogens is 1010 g/mol. The van der Waals surface area contributed by atoms with Crippen molar-refractivity contribution in [2.45, 2.75) is 118 Å². The Morgan fingerprint density at radius 3 is 1.70 bits per heavy atom. The molecule has 392 valence electrons. The molecule has 0 aliphatic carbocycles. The predicted octanol–water partition coefficient (Wildman–Crippen LogP) is 12.8. The molecule has 9 nitrogen and oxygen atoms in total. The fraction of sp³-hybridized carbons (Fsp3) is 0.550. The number of hydroxylamine groups is 1. The largest absolute Gasteiger partial charge is 0.491 e. The monoisotopic (exact) mass is 1050 g/mol. The molecule has 2 aromatic rings. The average Bonchev–Trinajstić information content (AvgIpc) is 3.23. The lowest BCUT2D eigenvalue weighted by atomic mass is 9.88. The Balaban J connectivity index is 2.37.